The summed E-state index contributed by atoms with van der Waals surface area (Å²) < 4.78 is 36.2. The number of aromatic nitrogens is 2. The van der Waals surface area contributed by atoms with Crippen molar-refractivity contribution in [1.82, 2.24) is 19.8 Å². The number of nitrogens with zero attached hydrogens (tertiary/aromatic N) is 3. The largest absolute Gasteiger partial charge is 0.452 e. The third kappa shape index (κ3) is 3.91. The van der Waals surface area contributed by atoms with Crippen molar-refractivity contribution in [3.05, 3.63) is 89.8 Å². The Morgan fingerprint density at radius 3 is 2.75 bits per heavy atom. The van der Waals surface area contributed by atoms with Crippen molar-refractivity contribution in [2.45, 2.75) is 24.9 Å². The van der Waals surface area contributed by atoms with Crippen LogP contribution >= 0.6 is 0 Å². The van der Waals surface area contributed by atoms with Crippen LogP contribution in [0.1, 0.15) is 23.5 Å². The Balaban J connectivity index is 1.44. The SMILES string of the molecule is Cn1cnc2c(Oc3ccc(F)cc3F)c(C3CN(Cc4ccccc4)C(=O)C4NCCC43)ccc21. The summed E-state index contributed by atoms with van der Waals surface area (Å²) in [5, 5.41) is 3.40. The third-order valence-electron chi connectivity index (χ3n) is 7.38. The Morgan fingerprint density at radius 1 is 1.11 bits per heavy atom. The number of aryl methyl sites for hydroxylation is 1. The van der Waals surface area contributed by atoms with Crippen molar-refractivity contribution in [2.24, 2.45) is 13.0 Å². The Morgan fingerprint density at radius 2 is 1.94 bits per heavy atom. The molecule has 1 N–H and O–H groups in total. The van der Waals surface area contributed by atoms with Crippen molar-refractivity contribution in [3.8, 4) is 11.5 Å². The number of hydrogen-bond acceptors (Lipinski definition) is 4. The lowest BCUT2D eigenvalue weighted by molar-refractivity contribution is -0.138. The zero-order chi connectivity index (χ0) is 24.8. The highest BCUT2D eigenvalue weighted by atomic mass is 19.1. The predicted octanol–water partition coefficient (Wildman–Crippen LogP) is 4.75. The van der Waals surface area contributed by atoms with Gasteiger partial charge in [0.2, 0.25) is 5.91 Å². The van der Waals surface area contributed by atoms with Crippen molar-refractivity contribution in [2.75, 3.05) is 13.1 Å². The average Bonchev–Trinajstić information content (AvgIpc) is 3.51. The van der Waals surface area contributed by atoms with Gasteiger partial charge in [-0.15, -0.1) is 0 Å². The summed E-state index contributed by atoms with van der Waals surface area (Å²) in [5.74, 6) is -0.934. The molecule has 2 aliphatic rings. The van der Waals surface area contributed by atoms with Crippen LogP contribution in [-0.4, -0.2) is 39.5 Å². The molecule has 0 saturated carbocycles. The zero-order valence-electron chi connectivity index (χ0n) is 19.8. The molecular weight excluding hydrogens is 462 g/mol. The number of ether oxygens (including phenoxy) is 1. The number of nitrogens with one attached hydrogen (secondary N) is 1. The number of rotatable bonds is 5. The van der Waals surface area contributed by atoms with Crippen LogP contribution in [0.3, 0.4) is 0 Å². The summed E-state index contributed by atoms with van der Waals surface area (Å²) in [6.45, 7) is 1.78. The first kappa shape index (κ1) is 22.7. The number of piperidine rings is 1. The number of likely N-dealkylation sites (tertiary alicyclic amines) is 1. The number of amides is 1. The van der Waals surface area contributed by atoms with Crippen LogP contribution in [0.5, 0.6) is 11.5 Å². The second kappa shape index (κ2) is 9.02. The van der Waals surface area contributed by atoms with E-state index in [4.69, 9.17) is 4.74 Å². The summed E-state index contributed by atoms with van der Waals surface area (Å²) in [5.41, 5.74) is 3.37. The standard InChI is InChI=1S/C28H26F2N4O2/c1-33-16-32-26-23(33)9-8-20(27(26)36-24-10-7-18(29)13-22(24)30)21-15-34(14-17-5-3-2-4-6-17)28(35)25-19(21)11-12-31-25/h2-10,13,16,19,21,25,31H,11-12,14-15H2,1H3. The normalized spacial score (nSPS) is 21.7. The fraction of sp³-hybridized carbons (Fsp3) is 0.286. The molecule has 8 heteroatoms. The molecule has 2 aliphatic heterocycles. The second-order valence-corrected chi connectivity index (χ2v) is 9.58. The van der Waals surface area contributed by atoms with E-state index in [0.29, 0.717) is 24.4 Å². The summed E-state index contributed by atoms with van der Waals surface area (Å²) in [6.07, 6.45) is 2.54. The maximum Gasteiger partial charge on any atom is 0.240 e. The molecule has 0 spiro atoms. The first-order valence-electron chi connectivity index (χ1n) is 12.1. The molecule has 0 radical (unpaired) electrons. The van der Waals surface area contributed by atoms with Gasteiger partial charge in [0.15, 0.2) is 17.3 Å². The predicted molar refractivity (Wildman–Crippen MR) is 132 cm³/mol. The lowest BCUT2D eigenvalue weighted by atomic mass is 9.77. The molecule has 2 saturated heterocycles. The minimum Gasteiger partial charge on any atom is -0.452 e. The van der Waals surface area contributed by atoms with Crippen LogP contribution in [-0.2, 0) is 18.4 Å². The van der Waals surface area contributed by atoms with E-state index in [2.05, 4.69) is 10.3 Å². The molecule has 36 heavy (non-hydrogen) atoms. The van der Waals surface area contributed by atoms with Gasteiger partial charge in [-0.1, -0.05) is 36.4 Å². The highest BCUT2D eigenvalue weighted by molar-refractivity contribution is 5.86. The molecule has 0 bridgehead atoms. The number of halogens is 2. The molecule has 6 nitrogen and oxygen atoms in total. The Bertz CT molecular complexity index is 1440. The molecular formula is C28H26F2N4O2. The number of carbonyl (C=O) groups is 1. The fourth-order valence-corrected chi connectivity index (χ4v) is 5.62. The maximum absolute atomic E-state index is 14.6. The number of hydrogen-bond donors (Lipinski definition) is 1. The van der Waals surface area contributed by atoms with E-state index in [9.17, 15) is 13.6 Å². The van der Waals surface area contributed by atoms with Gasteiger partial charge >= 0.3 is 0 Å². The quantitative estimate of drug-likeness (QED) is 0.441. The lowest BCUT2D eigenvalue weighted by Crippen LogP contribution is -2.54. The maximum atomic E-state index is 14.6. The molecule has 0 aliphatic carbocycles. The molecule has 3 heterocycles. The van der Waals surface area contributed by atoms with Gasteiger partial charge in [0.1, 0.15) is 11.3 Å². The number of carbonyl (C=O) groups excluding carboxylic acids is 1. The van der Waals surface area contributed by atoms with Gasteiger partial charge in [0.05, 0.1) is 17.9 Å². The van der Waals surface area contributed by atoms with Crippen LogP contribution in [0, 0.1) is 17.6 Å². The van der Waals surface area contributed by atoms with E-state index in [0.717, 1.165) is 35.7 Å². The van der Waals surface area contributed by atoms with E-state index in [1.807, 2.05) is 59.0 Å². The van der Waals surface area contributed by atoms with Crippen molar-refractivity contribution in [3.63, 3.8) is 0 Å². The molecule has 4 aromatic rings. The Kier molecular flexibility index (Phi) is 5.68. The summed E-state index contributed by atoms with van der Waals surface area (Å²) >= 11 is 0. The van der Waals surface area contributed by atoms with E-state index in [1.165, 1.54) is 12.1 Å². The highest BCUT2D eigenvalue weighted by Gasteiger charge is 2.46. The van der Waals surface area contributed by atoms with Gasteiger partial charge in [-0.3, -0.25) is 4.79 Å². The van der Waals surface area contributed by atoms with Crippen molar-refractivity contribution < 1.29 is 18.3 Å². The van der Waals surface area contributed by atoms with Gasteiger partial charge in [0, 0.05) is 37.7 Å². The van der Waals surface area contributed by atoms with E-state index in [1.54, 1.807) is 6.33 Å². The highest BCUT2D eigenvalue weighted by Crippen LogP contribution is 2.45. The van der Waals surface area contributed by atoms with Crippen LogP contribution in [0.4, 0.5) is 8.78 Å². The first-order valence-corrected chi connectivity index (χ1v) is 12.1. The lowest BCUT2D eigenvalue weighted by Gasteiger charge is -2.41. The number of fused-ring (bicyclic) bond motifs is 2. The van der Waals surface area contributed by atoms with E-state index >= 15 is 0 Å². The van der Waals surface area contributed by atoms with Gasteiger partial charge in [0.25, 0.3) is 0 Å². The Labute approximate surface area is 207 Å². The molecule has 3 atom stereocenters. The fourth-order valence-electron chi connectivity index (χ4n) is 5.62. The second-order valence-electron chi connectivity index (χ2n) is 9.58. The molecule has 1 aromatic heterocycles. The Hall–Kier alpha value is -3.78. The summed E-state index contributed by atoms with van der Waals surface area (Å²) in [7, 11) is 1.88. The van der Waals surface area contributed by atoms with Gasteiger partial charge in [-0.2, -0.15) is 0 Å². The van der Waals surface area contributed by atoms with Gasteiger partial charge in [-0.05, 0) is 42.6 Å². The zero-order valence-corrected chi connectivity index (χ0v) is 19.8. The van der Waals surface area contributed by atoms with Crippen molar-refractivity contribution in [1.29, 1.82) is 0 Å². The van der Waals surface area contributed by atoms with Gasteiger partial charge in [-0.25, -0.2) is 13.8 Å². The molecule has 1 amide bonds. The minimum atomic E-state index is -0.779. The molecule has 184 valence electrons. The van der Waals surface area contributed by atoms with E-state index < -0.39 is 11.6 Å². The summed E-state index contributed by atoms with van der Waals surface area (Å²) in [4.78, 5) is 19.8. The van der Waals surface area contributed by atoms with Crippen LogP contribution in [0.15, 0.2) is 67.0 Å². The molecule has 2 fully saturated rings. The number of benzene rings is 3. The monoisotopic (exact) mass is 488 g/mol. The topological polar surface area (TPSA) is 59.4 Å². The van der Waals surface area contributed by atoms with E-state index in [-0.39, 0.29) is 29.5 Å². The smallest absolute Gasteiger partial charge is 0.240 e. The third-order valence-corrected chi connectivity index (χ3v) is 7.38. The minimum absolute atomic E-state index is 0.0451. The van der Waals surface area contributed by atoms with Gasteiger partial charge < -0.3 is 19.5 Å². The molecule has 6 rings (SSSR count). The number of imidazole rings is 1. The first-order chi connectivity index (χ1) is 17.5. The van der Waals surface area contributed by atoms with Crippen LogP contribution in [0.2, 0.25) is 0 Å². The average molecular weight is 489 g/mol. The van der Waals surface area contributed by atoms with Crippen LogP contribution in [0.25, 0.3) is 11.0 Å². The van der Waals surface area contributed by atoms with Crippen molar-refractivity contribution >= 4 is 16.9 Å². The summed E-state index contributed by atoms with van der Waals surface area (Å²) in [6, 6.07) is 16.9. The van der Waals surface area contributed by atoms with Crippen LogP contribution < -0.4 is 10.1 Å². The molecule has 3 unspecified atom stereocenters. The molecule has 3 aromatic carbocycles.